The van der Waals surface area contributed by atoms with Crippen LogP contribution >= 0.6 is 0 Å². The first kappa shape index (κ1) is 35.7. The molecule has 0 spiro atoms. The van der Waals surface area contributed by atoms with Crippen LogP contribution in [0.3, 0.4) is 0 Å². The van der Waals surface area contributed by atoms with Gasteiger partial charge in [0, 0.05) is 39.5 Å². The highest BCUT2D eigenvalue weighted by molar-refractivity contribution is 5.79. The maximum Gasteiger partial charge on any atom is 0.0464 e. The van der Waals surface area contributed by atoms with Crippen molar-refractivity contribution in [2.45, 2.75) is 86.5 Å². The Morgan fingerprint density at radius 2 is 0.804 bits per heavy atom. The summed E-state index contributed by atoms with van der Waals surface area (Å²) in [6, 6.07) is 50.1. The molecule has 0 atom stereocenters. The second kappa shape index (κ2) is 15.4. The number of hydrogen-bond donors (Lipinski definition) is 0. The second-order valence-electron chi connectivity index (χ2n) is 14.5. The van der Waals surface area contributed by atoms with E-state index >= 15 is 0 Å². The van der Waals surface area contributed by atoms with Crippen LogP contribution in [0.25, 0.3) is 0 Å². The molecule has 0 unspecified atom stereocenters. The summed E-state index contributed by atoms with van der Waals surface area (Å²) < 4.78 is 0. The Morgan fingerprint density at radius 3 is 1.16 bits per heavy atom. The number of unbranched alkanes of at least 4 members (excludes halogenated alkanes) is 1. The van der Waals surface area contributed by atoms with Gasteiger partial charge in [-0.3, -0.25) is 0 Å². The molecule has 0 bridgehead atoms. The van der Waals surface area contributed by atoms with Crippen molar-refractivity contribution in [3.05, 3.63) is 178 Å². The maximum absolute atomic E-state index is 2.39. The molecule has 0 radical (unpaired) electrons. The fraction of sp³-hybridized carbons (Fsp3) is 0.265. The zero-order valence-electron chi connectivity index (χ0n) is 31.9. The molecule has 6 rings (SSSR count). The van der Waals surface area contributed by atoms with Crippen molar-refractivity contribution < 1.29 is 0 Å². The minimum Gasteiger partial charge on any atom is -0.310 e. The molecular weight excluding hydrogens is 617 g/mol. The molecular formula is C49H54N2. The average Bonchev–Trinajstić information content (AvgIpc) is 3.13. The van der Waals surface area contributed by atoms with Crippen molar-refractivity contribution in [2.75, 3.05) is 9.80 Å². The topological polar surface area (TPSA) is 6.48 Å². The largest absolute Gasteiger partial charge is 0.310 e. The molecule has 51 heavy (non-hydrogen) atoms. The highest BCUT2D eigenvalue weighted by Crippen LogP contribution is 2.44. The van der Waals surface area contributed by atoms with Gasteiger partial charge in [0.05, 0.1) is 0 Å². The lowest BCUT2D eigenvalue weighted by Gasteiger charge is -2.36. The van der Waals surface area contributed by atoms with Crippen molar-refractivity contribution in [3.8, 4) is 0 Å². The van der Waals surface area contributed by atoms with E-state index in [0.29, 0.717) is 0 Å². The SMILES string of the molecule is CCCCC(CC)(c1ccc(N(c2cccc(C)c2)c2ccc(C)c(C)c2)cc1)c1ccc(N(c2cccc(C)c2)c2ccc(C)c(C)c2)cc1. The van der Waals surface area contributed by atoms with E-state index in [1.54, 1.807) is 0 Å². The van der Waals surface area contributed by atoms with E-state index in [9.17, 15) is 0 Å². The number of rotatable bonds is 12. The molecule has 0 N–H and O–H groups in total. The van der Waals surface area contributed by atoms with Crippen LogP contribution in [0.2, 0.25) is 0 Å². The summed E-state index contributed by atoms with van der Waals surface area (Å²) in [6.45, 7) is 17.8. The van der Waals surface area contributed by atoms with Crippen LogP contribution in [0.5, 0.6) is 0 Å². The smallest absolute Gasteiger partial charge is 0.0464 e. The fourth-order valence-electron chi connectivity index (χ4n) is 7.54. The summed E-state index contributed by atoms with van der Waals surface area (Å²) in [4.78, 5) is 4.79. The Balaban J connectivity index is 1.41. The Hall–Kier alpha value is -5.08. The molecule has 2 heteroatoms. The quantitative estimate of drug-likeness (QED) is 0.128. The summed E-state index contributed by atoms with van der Waals surface area (Å²) in [5.74, 6) is 0. The number of benzene rings is 6. The Bertz CT molecular complexity index is 1940. The van der Waals surface area contributed by atoms with E-state index in [-0.39, 0.29) is 5.41 Å². The monoisotopic (exact) mass is 670 g/mol. The molecule has 6 aromatic rings. The Morgan fingerprint density at radius 1 is 0.412 bits per heavy atom. The molecule has 0 heterocycles. The van der Waals surface area contributed by atoms with Gasteiger partial charge in [-0.1, -0.05) is 87.4 Å². The zero-order chi connectivity index (χ0) is 36.1. The van der Waals surface area contributed by atoms with Crippen molar-refractivity contribution in [3.63, 3.8) is 0 Å². The summed E-state index contributed by atoms with van der Waals surface area (Å²) in [7, 11) is 0. The Kier molecular flexibility index (Phi) is 10.8. The van der Waals surface area contributed by atoms with Gasteiger partial charge in [0.15, 0.2) is 0 Å². The van der Waals surface area contributed by atoms with Crippen LogP contribution in [0.4, 0.5) is 34.1 Å². The van der Waals surface area contributed by atoms with Gasteiger partial charge < -0.3 is 9.80 Å². The normalized spacial score (nSPS) is 11.5. The van der Waals surface area contributed by atoms with Crippen LogP contribution in [0.15, 0.2) is 133 Å². The molecule has 0 saturated carbocycles. The summed E-state index contributed by atoms with van der Waals surface area (Å²) in [6.07, 6.45) is 4.48. The van der Waals surface area contributed by atoms with Crippen LogP contribution in [0, 0.1) is 41.5 Å². The van der Waals surface area contributed by atoms with Gasteiger partial charge in [-0.25, -0.2) is 0 Å². The minimum absolute atomic E-state index is 0.0870. The van der Waals surface area contributed by atoms with E-state index in [1.165, 1.54) is 91.5 Å². The lowest BCUT2D eigenvalue weighted by Crippen LogP contribution is -2.27. The third-order valence-corrected chi connectivity index (χ3v) is 10.9. The molecule has 2 nitrogen and oxygen atoms in total. The van der Waals surface area contributed by atoms with E-state index < -0.39 is 0 Å². The standard InChI is InChI=1S/C49H54N2/c1-9-11-30-49(10-2,41-20-26-43(27-21-41)50(45-16-12-14-35(3)31-45)47-24-18-37(5)39(7)33-47)42-22-28-44(29-23-42)51(46-17-13-15-36(4)32-46)48-25-19-38(6)40(8)34-48/h12-29,31-34H,9-11,30H2,1-8H3. The Labute approximate surface area is 307 Å². The fourth-order valence-corrected chi connectivity index (χ4v) is 7.54. The molecule has 0 saturated heterocycles. The van der Waals surface area contributed by atoms with Gasteiger partial charge in [0.25, 0.3) is 0 Å². The number of hydrogen-bond acceptors (Lipinski definition) is 2. The lowest BCUT2D eigenvalue weighted by molar-refractivity contribution is 0.437. The van der Waals surface area contributed by atoms with Gasteiger partial charge in [-0.15, -0.1) is 0 Å². The second-order valence-corrected chi connectivity index (χ2v) is 14.5. The van der Waals surface area contributed by atoms with E-state index in [2.05, 4.69) is 199 Å². The highest BCUT2D eigenvalue weighted by atomic mass is 15.1. The highest BCUT2D eigenvalue weighted by Gasteiger charge is 2.32. The predicted octanol–water partition coefficient (Wildman–Crippen LogP) is 14.4. The van der Waals surface area contributed by atoms with Gasteiger partial charge in [0.2, 0.25) is 0 Å². The van der Waals surface area contributed by atoms with E-state index in [4.69, 9.17) is 0 Å². The van der Waals surface area contributed by atoms with Crippen molar-refractivity contribution in [1.29, 1.82) is 0 Å². The van der Waals surface area contributed by atoms with E-state index in [1.807, 2.05) is 0 Å². The average molecular weight is 671 g/mol. The summed E-state index contributed by atoms with van der Waals surface area (Å²) in [5, 5.41) is 0. The van der Waals surface area contributed by atoms with Gasteiger partial charge in [-0.05, 0) is 172 Å². The maximum atomic E-state index is 2.39. The van der Waals surface area contributed by atoms with Crippen LogP contribution in [0.1, 0.15) is 84.0 Å². The first-order valence-electron chi connectivity index (χ1n) is 18.7. The molecule has 0 amide bonds. The van der Waals surface area contributed by atoms with E-state index in [0.717, 1.165) is 12.8 Å². The zero-order valence-corrected chi connectivity index (χ0v) is 31.9. The van der Waals surface area contributed by atoms with Gasteiger partial charge in [0.1, 0.15) is 0 Å². The van der Waals surface area contributed by atoms with Gasteiger partial charge in [-0.2, -0.15) is 0 Å². The molecule has 0 aliphatic carbocycles. The molecule has 0 aromatic heterocycles. The predicted molar refractivity (Wildman–Crippen MR) is 221 cm³/mol. The van der Waals surface area contributed by atoms with Crippen LogP contribution in [-0.4, -0.2) is 0 Å². The van der Waals surface area contributed by atoms with Crippen molar-refractivity contribution >= 4 is 34.1 Å². The summed E-state index contributed by atoms with van der Waals surface area (Å²) >= 11 is 0. The third kappa shape index (κ3) is 7.52. The van der Waals surface area contributed by atoms with Crippen molar-refractivity contribution in [1.82, 2.24) is 0 Å². The first-order valence-corrected chi connectivity index (χ1v) is 18.7. The first-order chi connectivity index (χ1) is 24.6. The van der Waals surface area contributed by atoms with Gasteiger partial charge >= 0.3 is 0 Å². The molecule has 0 fully saturated rings. The van der Waals surface area contributed by atoms with Crippen LogP contribution in [-0.2, 0) is 5.41 Å². The number of aryl methyl sites for hydroxylation is 6. The summed E-state index contributed by atoms with van der Waals surface area (Å²) in [5.41, 5.74) is 17.5. The van der Waals surface area contributed by atoms with Crippen molar-refractivity contribution in [2.24, 2.45) is 0 Å². The number of nitrogens with zero attached hydrogens (tertiary/aromatic N) is 2. The minimum atomic E-state index is -0.0870. The molecule has 260 valence electrons. The third-order valence-electron chi connectivity index (χ3n) is 10.9. The lowest BCUT2D eigenvalue weighted by atomic mass is 9.69. The molecule has 0 aliphatic heterocycles. The number of anilines is 6. The molecule has 0 aliphatic rings. The molecule has 6 aromatic carbocycles. The van der Waals surface area contributed by atoms with Crippen LogP contribution < -0.4 is 9.80 Å².